The Labute approximate surface area is 93.6 Å². The van der Waals surface area contributed by atoms with Crippen molar-refractivity contribution < 1.29 is 17.9 Å². The molecular weight excluding hydrogens is 230 g/mol. The van der Waals surface area contributed by atoms with Gasteiger partial charge in [0.1, 0.15) is 5.75 Å². The molecule has 1 aromatic carbocycles. The highest BCUT2D eigenvalue weighted by molar-refractivity contribution is 7.89. The van der Waals surface area contributed by atoms with Crippen molar-refractivity contribution in [2.75, 3.05) is 0 Å². The smallest absolute Gasteiger partial charge is 0.335 e. The zero-order valence-electron chi connectivity index (χ0n) is 8.58. The lowest BCUT2D eigenvalue weighted by atomic mass is 10.3. The molecule has 0 saturated heterocycles. The summed E-state index contributed by atoms with van der Waals surface area (Å²) >= 11 is 0. The van der Waals surface area contributed by atoms with Crippen LogP contribution in [0.2, 0.25) is 0 Å². The predicted octanol–water partition coefficient (Wildman–Crippen LogP) is 0.816. The van der Waals surface area contributed by atoms with E-state index >= 15 is 0 Å². The van der Waals surface area contributed by atoms with E-state index in [0.29, 0.717) is 0 Å². The Hall–Kier alpha value is -1.66. The number of carbonyl (C=O) groups excluding carboxylic acids is 1. The second-order valence-electron chi connectivity index (χ2n) is 2.94. The number of carbonyl (C=O) groups is 1. The van der Waals surface area contributed by atoms with Crippen LogP contribution in [0.5, 0.6) is 5.75 Å². The Kier molecular flexibility index (Phi) is 3.81. The molecule has 0 aromatic heterocycles. The molecule has 1 aromatic rings. The Bertz CT molecular complexity index is 502. The lowest BCUT2D eigenvalue weighted by Gasteiger charge is -2.02. The molecule has 0 radical (unpaired) electrons. The van der Waals surface area contributed by atoms with Gasteiger partial charge in [-0.05, 0) is 31.2 Å². The molecule has 5 nitrogen and oxygen atoms in total. The average molecular weight is 241 g/mol. The maximum atomic E-state index is 11.0. The average Bonchev–Trinajstić information content (AvgIpc) is 2.17. The van der Waals surface area contributed by atoms with Crippen molar-refractivity contribution in [3.63, 3.8) is 0 Å². The Morgan fingerprint density at radius 1 is 1.31 bits per heavy atom. The summed E-state index contributed by atoms with van der Waals surface area (Å²) in [6.45, 7) is 1.69. The van der Waals surface area contributed by atoms with E-state index in [1.54, 1.807) is 13.0 Å². The lowest BCUT2D eigenvalue weighted by molar-refractivity contribution is -0.129. The van der Waals surface area contributed by atoms with Crippen LogP contribution in [0.1, 0.15) is 6.92 Å². The first-order chi connectivity index (χ1) is 7.43. The summed E-state index contributed by atoms with van der Waals surface area (Å²) < 4.78 is 26.7. The fraction of sp³-hybridized carbons (Fsp3) is 0.100. The van der Waals surface area contributed by atoms with E-state index in [-0.39, 0.29) is 10.6 Å². The van der Waals surface area contributed by atoms with Crippen LogP contribution < -0.4 is 9.88 Å². The first kappa shape index (κ1) is 12.4. The number of hydrogen-bond donors (Lipinski definition) is 1. The normalized spacial score (nSPS) is 11.6. The number of allylic oxidation sites excluding steroid dienone is 1. The number of rotatable bonds is 3. The van der Waals surface area contributed by atoms with E-state index in [1.165, 1.54) is 30.3 Å². The van der Waals surface area contributed by atoms with Crippen molar-refractivity contribution >= 4 is 16.0 Å². The summed E-state index contributed by atoms with van der Waals surface area (Å²) in [4.78, 5) is 11.0. The molecule has 0 heterocycles. The topological polar surface area (TPSA) is 86.5 Å². The minimum Gasteiger partial charge on any atom is -0.423 e. The highest BCUT2D eigenvalue weighted by Gasteiger charge is 2.07. The Balaban J connectivity index is 2.84. The highest BCUT2D eigenvalue weighted by Crippen LogP contribution is 2.14. The molecule has 0 aliphatic carbocycles. The molecule has 0 fully saturated rings. The second-order valence-corrected chi connectivity index (χ2v) is 4.50. The standard InChI is InChI=1S/C10H11NO4S/c1-2-3-10(12)15-8-4-6-9(7-5-8)16(11,13)14/h2-7H,1H3,(H2,11,13,14)/b3-2+. The summed E-state index contributed by atoms with van der Waals surface area (Å²) in [7, 11) is -3.71. The van der Waals surface area contributed by atoms with E-state index in [1.807, 2.05) is 0 Å². The Morgan fingerprint density at radius 2 is 1.88 bits per heavy atom. The van der Waals surface area contributed by atoms with Crippen LogP contribution in [-0.4, -0.2) is 14.4 Å². The summed E-state index contributed by atoms with van der Waals surface area (Å²) in [5.74, 6) is -0.263. The number of benzene rings is 1. The summed E-state index contributed by atoms with van der Waals surface area (Å²) in [6, 6.07) is 5.27. The van der Waals surface area contributed by atoms with Crippen LogP contribution in [-0.2, 0) is 14.8 Å². The van der Waals surface area contributed by atoms with Gasteiger partial charge in [-0.2, -0.15) is 0 Å². The fourth-order valence-electron chi connectivity index (χ4n) is 0.984. The van der Waals surface area contributed by atoms with Crippen LogP contribution in [0.4, 0.5) is 0 Å². The first-order valence-corrected chi connectivity index (χ1v) is 5.95. The molecule has 0 saturated carbocycles. The van der Waals surface area contributed by atoms with Crippen LogP contribution >= 0.6 is 0 Å². The number of ether oxygens (including phenoxy) is 1. The number of primary sulfonamides is 1. The molecule has 6 heteroatoms. The monoisotopic (exact) mass is 241 g/mol. The molecule has 2 N–H and O–H groups in total. The van der Waals surface area contributed by atoms with Gasteiger partial charge in [0.25, 0.3) is 0 Å². The van der Waals surface area contributed by atoms with E-state index < -0.39 is 16.0 Å². The van der Waals surface area contributed by atoms with E-state index in [0.717, 1.165) is 0 Å². The molecular formula is C10H11NO4S. The van der Waals surface area contributed by atoms with Crippen LogP contribution in [0.25, 0.3) is 0 Å². The Morgan fingerprint density at radius 3 is 2.31 bits per heavy atom. The second kappa shape index (κ2) is 4.91. The van der Waals surface area contributed by atoms with Gasteiger partial charge < -0.3 is 4.74 Å². The molecule has 16 heavy (non-hydrogen) atoms. The van der Waals surface area contributed by atoms with Crippen molar-refractivity contribution in [2.45, 2.75) is 11.8 Å². The first-order valence-electron chi connectivity index (χ1n) is 4.41. The quantitative estimate of drug-likeness (QED) is 0.482. The minimum absolute atomic E-state index is 0.0293. The molecule has 1 rings (SSSR count). The van der Waals surface area contributed by atoms with Gasteiger partial charge in [-0.25, -0.2) is 18.4 Å². The van der Waals surface area contributed by atoms with E-state index in [2.05, 4.69) is 0 Å². The molecule has 0 unspecified atom stereocenters. The predicted molar refractivity (Wildman–Crippen MR) is 58.3 cm³/mol. The molecule has 0 aliphatic heterocycles. The number of nitrogens with two attached hydrogens (primary N) is 1. The number of esters is 1. The van der Waals surface area contributed by atoms with Gasteiger partial charge in [0.2, 0.25) is 10.0 Å². The maximum Gasteiger partial charge on any atom is 0.335 e. The molecule has 0 bridgehead atoms. The van der Waals surface area contributed by atoms with Crippen molar-refractivity contribution in [1.82, 2.24) is 0 Å². The zero-order chi connectivity index (χ0) is 12.2. The van der Waals surface area contributed by atoms with Gasteiger partial charge in [-0.15, -0.1) is 0 Å². The summed E-state index contributed by atoms with van der Waals surface area (Å²) in [5.41, 5.74) is 0. The largest absolute Gasteiger partial charge is 0.423 e. The maximum absolute atomic E-state index is 11.0. The van der Waals surface area contributed by atoms with Crippen molar-refractivity contribution in [2.24, 2.45) is 5.14 Å². The fourth-order valence-corrected chi connectivity index (χ4v) is 1.50. The van der Waals surface area contributed by atoms with Gasteiger partial charge in [0.15, 0.2) is 0 Å². The van der Waals surface area contributed by atoms with Crippen LogP contribution in [0.15, 0.2) is 41.3 Å². The lowest BCUT2D eigenvalue weighted by Crippen LogP contribution is -2.12. The molecule has 0 amide bonds. The number of hydrogen-bond acceptors (Lipinski definition) is 4. The van der Waals surface area contributed by atoms with Gasteiger partial charge in [0.05, 0.1) is 4.90 Å². The third kappa shape index (κ3) is 3.48. The van der Waals surface area contributed by atoms with Gasteiger partial charge >= 0.3 is 5.97 Å². The molecule has 0 aliphatic rings. The summed E-state index contributed by atoms with van der Waals surface area (Å²) in [6.07, 6.45) is 2.80. The molecule has 0 atom stereocenters. The van der Waals surface area contributed by atoms with Gasteiger partial charge in [0, 0.05) is 6.08 Å². The number of sulfonamides is 1. The summed E-state index contributed by atoms with van der Waals surface area (Å²) in [5, 5.41) is 4.91. The van der Waals surface area contributed by atoms with Crippen molar-refractivity contribution in [3.05, 3.63) is 36.4 Å². The SMILES string of the molecule is C/C=C/C(=O)Oc1ccc(S(N)(=O)=O)cc1. The van der Waals surface area contributed by atoms with Crippen LogP contribution in [0.3, 0.4) is 0 Å². The zero-order valence-corrected chi connectivity index (χ0v) is 9.40. The van der Waals surface area contributed by atoms with Gasteiger partial charge in [-0.1, -0.05) is 6.08 Å². The minimum atomic E-state index is -3.71. The van der Waals surface area contributed by atoms with E-state index in [4.69, 9.17) is 9.88 Å². The van der Waals surface area contributed by atoms with E-state index in [9.17, 15) is 13.2 Å². The van der Waals surface area contributed by atoms with Crippen molar-refractivity contribution in [3.8, 4) is 5.75 Å². The third-order valence-corrected chi connectivity index (χ3v) is 2.60. The van der Waals surface area contributed by atoms with Crippen molar-refractivity contribution in [1.29, 1.82) is 0 Å². The highest BCUT2D eigenvalue weighted by atomic mass is 32.2. The molecule has 0 spiro atoms. The third-order valence-electron chi connectivity index (χ3n) is 1.67. The molecule has 86 valence electrons. The van der Waals surface area contributed by atoms with Gasteiger partial charge in [-0.3, -0.25) is 0 Å². The van der Waals surface area contributed by atoms with Crippen LogP contribution in [0, 0.1) is 0 Å².